The molecular formula is C20H30N2O4. The zero-order valence-corrected chi connectivity index (χ0v) is 16.8. The fourth-order valence-corrected chi connectivity index (χ4v) is 1.92. The Morgan fingerprint density at radius 1 is 1.23 bits per heavy atom. The second-order valence-corrected chi connectivity index (χ2v) is 7.66. The van der Waals surface area contributed by atoms with E-state index in [0.29, 0.717) is 31.0 Å². The van der Waals surface area contributed by atoms with Gasteiger partial charge in [0, 0.05) is 6.54 Å². The Labute approximate surface area is 156 Å². The summed E-state index contributed by atoms with van der Waals surface area (Å²) in [6.45, 7) is 13.5. The van der Waals surface area contributed by atoms with Gasteiger partial charge in [-0.05, 0) is 71.9 Å². The standard InChI is InChI=1S/C20H30N2O4/c1-14-15(2)17(13-22-16(14)9-10-20(6,7)24)25-12-8-11-21-18(23)26-19(3,4)5/h13,24H,8,11-12H2,1-7H3,(H,21,23). The van der Waals surface area contributed by atoms with E-state index in [0.717, 1.165) is 11.1 Å². The number of ether oxygens (including phenoxy) is 2. The highest BCUT2D eigenvalue weighted by Gasteiger charge is 2.15. The molecule has 0 aliphatic heterocycles. The number of hydrogen-bond acceptors (Lipinski definition) is 5. The van der Waals surface area contributed by atoms with Gasteiger partial charge in [-0.15, -0.1) is 0 Å². The van der Waals surface area contributed by atoms with Crippen molar-refractivity contribution in [3.63, 3.8) is 0 Å². The lowest BCUT2D eigenvalue weighted by Gasteiger charge is -2.19. The first kappa shape index (κ1) is 21.8. The van der Waals surface area contributed by atoms with Crippen LogP contribution in [0.3, 0.4) is 0 Å². The number of carbonyl (C=O) groups excluding carboxylic acids is 1. The summed E-state index contributed by atoms with van der Waals surface area (Å²) in [6, 6.07) is 0. The highest BCUT2D eigenvalue weighted by Crippen LogP contribution is 2.22. The minimum Gasteiger partial charge on any atom is -0.492 e. The summed E-state index contributed by atoms with van der Waals surface area (Å²) in [6.07, 6.45) is 1.86. The minimum absolute atomic E-state index is 0.430. The highest BCUT2D eigenvalue weighted by molar-refractivity contribution is 5.67. The quantitative estimate of drug-likeness (QED) is 0.621. The second-order valence-electron chi connectivity index (χ2n) is 7.66. The Balaban J connectivity index is 2.53. The van der Waals surface area contributed by atoms with Crippen molar-refractivity contribution in [2.24, 2.45) is 0 Å². The van der Waals surface area contributed by atoms with E-state index < -0.39 is 17.3 Å². The van der Waals surface area contributed by atoms with Gasteiger partial charge >= 0.3 is 6.09 Å². The number of pyridine rings is 1. The van der Waals surface area contributed by atoms with Crippen LogP contribution >= 0.6 is 0 Å². The molecule has 1 aromatic rings. The molecule has 0 saturated heterocycles. The Bertz CT molecular complexity index is 689. The molecule has 1 amide bonds. The topological polar surface area (TPSA) is 80.7 Å². The molecule has 1 rings (SSSR count). The molecule has 0 aliphatic carbocycles. The van der Waals surface area contributed by atoms with Crippen molar-refractivity contribution in [1.29, 1.82) is 0 Å². The van der Waals surface area contributed by atoms with Crippen LogP contribution in [0, 0.1) is 25.7 Å². The normalized spacial score (nSPS) is 11.4. The van der Waals surface area contributed by atoms with Crippen LogP contribution < -0.4 is 10.1 Å². The van der Waals surface area contributed by atoms with Crippen molar-refractivity contribution in [1.82, 2.24) is 10.3 Å². The maximum absolute atomic E-state index is 11.5. The first-order chi connectivity index (χ1) is 11.9. The third kappa shape index (κ3) is 8.21. The van der Waals surface area contributed by atoms with Crippen molar-refractivity contribution < 1.29 is 19.4 Å². The summed E-state index contributed by atoms with van der Waals surface area (Å²) in [5.74, 6) is 6.35. The third-order valence-corrected chi connectivity index (χ3v) is 3.33. The van der Waals surface area contributed by atoms with Crippen LogP contribution in [0.4, 0.5) is 4.79 Å². The van der Waals surface area contributed by atoms with Crippen molar-refractivity contribution in [3.05, 3.63) is 23.0 Å². The molecule has 0 aromatic carbocycles. The molecule has 1 aromatic heterocycles. The lowest BCUT2D eigenvalue weighted by molar-refractivity contribution is 0.0525. The van der Waals surface area contributed by atoms with Gasteiger partial charge in [-0.1, -0.05) is 5.92 Å². The van der Waals surface area contributed by atoms with Crippen molar-refractivity contribution >= 4 is 6.09 Å². The van der Waals surface area contributed by atoms with Crippen molar-refractivity contribution in [3.8, 4) is 17.6 Å². The summed E-state index contributed by atoms with van der Waals surface area (Å²) in [5.41, 5.74) is 0.949. The summed E-state index contributed by atoms with van der Waals surface area (Å²) < 4.78 is 10.9. The lowest BCUT2D eigenvalue weighted by Crippen LogP contribution is -2.33. The molecule has 0 atom stereocenters. The molecule has 1 heterocycles. The highest BCUT2D eigenvalue weighted by atomic mass is 16.6. The van der Waals surface area contributed by atoms with Gasteiger partial charge in [0.05, 0.1) is 12.8 Å². The largest absolute Gasteiger partial charge is 0.492 e. The Morgan fingerprint density at radius 3 is 2.46 bits per heavy atom. The molecule has 0 saturated carbocycles. The Hall–Kier alpha value is -2.26. The van der Waals surface area contributed by atoms with E-state index in [9.17, 15) is 9.90 Å². The lowest BCUT2D eigenvalue weighted by atomic mass is 10.1. The van der Waals surface area contributed by atoms with Crippen LogP contribution in [-0.4, -0.2) is 40.5 Å². The van der Waals surface area contributed by atoms with E-state index in [1.807, 2.05) is 34.6 Å². The average Bonchev–Trinajstić information content (AvgIpc) is 2.47. The number of carbonyl (C=O) groups is 1. The zero-order chi connectivity index (χ0) is 20.0. The van der Waals surface area contributed by atoms with E-state index in [4.69, 9.17) is 9.47 Å². The molecule has 0 radical (unpaired) electrons. The van der Waals surface area contributed by atoms with Crippen LogP contribution in [0.1, 0.15) is 57.9 Å². The van der Waals surface area contributed by atoms with E-state index in [1.54, 1.807) is 20.0 Å². The van der Waals surface area contributed by atoms with Gasteiger partial charge < -0.3 is 19.9 Å². The number of alkyl carbamates (subject to hydrolysis) is 1. The summed E-state index contributed by atoms with van der Waals surface area (Å²) in [7, 11) is 0. The van der Waals surface area contributed by atoms with Crippen LogP contribution in [0.15, 0.2) is 6.20 Å². The summed E-state index contributed by atoms with van der Waals surface area (Å²) in [4.78, 5) is 15.9. The molecule has 0 bridgehead atoms. The van der Waals surface area contributed by atoms with Gasteiger partial charge in [0.25, 0.3) is 0 Å². The van der Waals surface area contributed by atoms with Crippen LogP contribution in [0.25, 0.3) is 0 Å². The SMILES string of the molecule is Cc1c(OCCCNC(=O)OC(C)(C)C)cnc(C#CC(C)(C)O)c1C. The number of hydrogen-bond donors (Lipinski definition) is 2. The maximum atomic E-state index is 11.5. The van der Waals surface area contributed by atoms with Gasteiger partial charge in [-0.25, -0.2) is 9.78 Å². The smallest absolute Gasteiger partial charge is 0.407 e. The molecule has 0 fully saturated rings. The van der Waals surface area contributed by atoms with Crippen LogP contribution in [0.2, 0.25) is 0 Å². The fraction of sp³-hybridized carbons (Fsp3) is 0.600. The Kier molecular flexibility index (Phi) is 7.46. The number of nitrogens with one attached hydrogen (secondary N) is 1. The Morgan fingerprint density at radius 2 is 1.88 bits per heavy atom. The van der Waals surface area contributed by atoms with Gasteiger partial charge in [0.1, 0.15) is 22.6 Å². The van der Waals surface area contributed by atoms with E-state index in [1.165, 1.54) is 0 Å². The second kappa shape index (κ2) is 8.91. The third-order valence-electron chi connectivity index (χ3n) is 3.33. The molecule has 6 heteroatoms. The molecule has 6 nitrogen and oxygen atoms in total. The number of aromatic nitrogens is 1. The van der Waals surface area contributed by atoms with Gasteiger partial charge in [0.2, 0.25) is 0 Å². The predicted octanol–water partition coefficient (Wildman–Crippen LogP) is 3.11. The monoisotopic (exact) mass is 362 g/mol. The molecule has 26 heavy (non-hydrogen) atoms. The maximum Gasteiger partial charge on any atom is 0.407 e. The molecule has 0 unspecified atom stereocenters. The first-order valence-corrected chi connectivity index (χ1v) is 8.70. The van der Waals surface area contributed by atoms with Gasteiger partial charge in [-0.2, -0.15) is 0 Å². The van der Waals surface area contributed by atoms with Crippen molar-refractivity contribution in [2.75, 3.05) is 13.2 Å². The predicted molar refractivity (Wildman–Crippen MR) is 101 cm³/mol. The number of rotatable bonds is 5. The molecule has 0 spiro atoms. The van der Waals surface area contributed by atoms with Gasteiger partial charge in [0.15, 0.2) is 0 Å². The van der Waals surface area contributed by atoms with E-state index >= 15 is 0 Å². The molecule has 0 aliphatic rings. The minimum atomic E-state index is -1.06. The zero-order valence-electron chi connectivity index (χ0n) is 16.8. The van der Waals surface area contributed by atoms with Gasteiger partial charge in [-0.3, -0.25) is 0 Å². The first-order valence-electron chi connectivity index (χ1n) is 8.70. The molecule has 144 valence electrons. The van der Waals surface area contributed by atoms with Crippen LogP contribution in [-0.2, 0) is 4.74 Å². The summed E-state index contributed by atoms with van der Waals surface area (Å²) in [5, 5.41) is 12.4. The fourth-order valence-electron chi connectivity index (χ4n) is 1.92. The van der Waals surface area contributed by atoms with E-state index in [2.05, 4.69) is 22.1 Å². The average molecular weight is 362 g/mol. The van der Waals surface area contributed by atoms with E-state index in [-0.39, 0.29) is 0 Å². The summed E-state index contributed by atoms with van der Waals surface area (Å²) >= 11 is 0. The number of nitrogens with zero attached hydrogens (tertiary/aromatic N) is 1. The molecular weight excluding hydrogens is 332 g/mol. The van der Waals surface area contributed by atoms with Crippen molar-refractivity contribution in [2.45, 2.75) is 66.1 Å². The molecule has 2 N–H and O–H groups in total. The number of aliphatic hydroxyl groups is 1. The van der Waals surface area contributed by atoms with Crippen LogP contribution in [0.5, 0.6) is 5.75 Å². The number of amides is 1.